The van der Waals surface area contributed by atoms with Crippen molar-refractivity contribution in [2.24, 2.45) is 4.99 Å². The molecule has 1 saturated heterocycles. The zero-order valence-corrected chi connectivity index (χ0v) is 22.2. The smallest absolute Gasteiger partial charge is 0.191 e. The minimum atomic E-state index is -3.33. The molecule has 2 N–H and O–H groups in total. The molecule has 0 saturated carbocycles. The number of sulfone groups is 1. The van der Waals surface area contributed by atoms with Gasteiger partial charge in [0.05, 0.1) is 10.6 Å². The maximum atomic E-state index is 12.6. The average molecular weight is 551 g/mol. The van der Waals surface area contributed by atoms with Gasteiger partial charge in [0.1, 0.15) is 0 Å². The third-order valence-corrected chi connectivity index (χ3v) is 7.17. The highest BCUT2D eigenvalue weighted by molar-refractivity contribution is 14.0. The van der Waals surface area contributed by atoms with Gasteiger partial charge in [-0.1, -0.05) is 39.8 Å². The lowest BCUT2D eigenvalue weighted by atomic mass is 9.87. The molecule has 0 amide bonds. The highest BCUT2D eigenvalue weighted by Gasteiger charge is 2.20. The number of benzene rings is 1. The quantitative estimate of drug-likeness (QED) is 0.309. The number of rotatable bonds is 7. The van der Waals surface area contributed by atoms with Crippen LogP contribution >= 0.6 is 24.0 Å². The van der Waals surface area contributed by atoms with Crippen molar-refractivity contribution < 1.29 is 8.42 Å². The van der Waals surface area contributed by atoms with E-state index in [0.29, 0.717) is 23.4 Å². The number of hydrogen-bond donors (Lipinski definition) is 2. The SMILES string of the molecule is CCCN1CCC(NC(=NC)NCCS(=O)(=O)c2ccc(C(C)(C)C)cc2)CC1.I. The number of nitrogens with zero attached hydrogens (tertiary/aromatic N) is 2. The van der Waals surface area contributed by atoms with Gasteiger partial charge in [-0.25, -0.2) is 8.42 Å². The van der Waals surface area contributed by atoms with Gasteiger partial charge in [0.25, 0.3) is 0 Å². The summed E-state index contributed by atoms with van der Waals surface area (Å²) in [5.41, 5.74) is 1.14. The molecular formula is C22H39IN4O2S. The van der Waals surface area contributed by atoms with Crippen molar-refractivity contribution >= 4 is 39.8 Å². The first-order chi connectivity index (χ1) is 13.7. The van der Waals surface area contributed by atoms with E-state index in [1.165, 1.54) is 6.42 Å². The zero-order valence-electron chi connectivity index (χ0n) is 19.1. The number of aliphatic imine (C=N–C) groups is 1. The van der Waals surface area contributed by atoms with E-state index in [4.69, 9.17) is 0 Å². The van der Waals surface area contributed by atoms with Crippen LogP contribution in [0.25, 0.3) is 0 Å². The van der Waals surface area contributed by atoms with Crippen LogP contribution in [0.5, 0.6) is 0 Å². The molecule has 0 bridgehead atoms. The molecule has 1 heterocycles. The second kappa shape index (κ2) is 12.2. The molecule has 0 unspecified atom stereocenters. The molecular weight excluding hydrogens is 511 g/mol. The van der Waals surface area contributed by atoms with E-state index in [-0.39, 0.29) is 35.1 Å². The van der Waals surface area contributed by atoms with E-state index in [0.717, 1.165) is 38.0 Å². The number of nitrogens with one attached hydrogen (secondary N) is 2. The van der Waals surface area contributed by atoms with Gasteiger partial charge in [0, 0.05) is 32.7 Å². The average Bonchev–Trinajstić information content (AvgIpc) is 2.68. The van der Waals surface area contributed by atoms with Crippen molar-refractivity contribution in [2.45, 2.75) is 63.3 Å². The van der Waals surface area contributed by atoms with Gasteiger partial charge in [0.15, 0.2) is 15.8 Å². The van der Waals surface area contributed by atoms with Crippen LogP contribution in [0.3, 0.4) is 0 Å². The molecule has 0 radical (unpaired) electrons. The van der Waals surface area contributed by atoms with Crippen LogP contribution in [-0.2, 0) is 15.3 Å². The molecule has 0 aromatic heterocycles. The van der Waals surface area contributed by atoms with Crippen LogP contribution in [-0.4, -0.2) is 64.3 Å². The molecule has 1 aliphatic heterocycles. The predicted molar refractivity (Wildman–Crippen MR) is 137 cm³/mol. The fraction of sp³-hybridized carbons (Fsp3) is 0.682. The first kappa shape index (κ1) is 27.2. The molecule has 1 aromatic carbocycles. The lowest BCUT2D eigenvalue weighted by molar-refractivity contribution is 0.206. The maximum absolute atomic E-state index is 12.6. The Bertz CT molecular complexity index is 765. The molecule has 2 rings (SSSR count). The Kier molecular flexibility index (Phi) is 11.1. The Morgan fingerprint density at radius 1 is 1.17 bits per heavy atom. The van der Waals surface area contributed by atoms with E-state index >= 15 is 0 Å². The highest BCUT2D eigenvalue weighted by Crippen LogP contribution is 2.23. The van der Waals surface area contributed by atoms with E-state index in [1.54, 1.807) is 19.2 Å². The normalized spacial score (nSPS) is 16.8. The molecule has 172 valence electrons. The van der Waals surface area contributed by atoms with Crippen molar-refractivity contribution in [1.29, 1.82) is 0 Å². The number of likely N-dealkylation sites (tertiary alicyclic amines) is 1. The Labute approximate surface area is 200 Å². The van der Waals surface area contributed by atoms with Crippen molar-refractivity contribution in [2.75, 3.05) is 39.0 Å². The van der Waals surface area contributed by atoms with E-state index in [1.807, 2.05) is 12.1 Å². The van der Waals surface area contributed by atoms with E-state index < -0.39 is 9.84 Å². The number of guanidine groups is 1. The summed E-state index contributed by atoms with van der Waals surface area (Å²) in [5.74, 6) is 0.717. The summed E-state index contributed by atoms with van der Waals surface area (Å²) in [4.78, 5) is 7.12. The predicted octanol–water partition coefficient (Wildman–Crippen LogP) is 3.42. The molecule has 0 aliphatic carbocycles. The fourth-order valence-electron chi connectivity index (χ4n) is 3.59. The molecule has 30 heavy (non-hydrogen) atoms. The fourth-order valence-corrected chi connectivity index (χ4v) is 4.75. The summed E-state index contributed by atoms with van der Waals surface area (Å²) in [6.45, 7) is 12.3. The summed E-state index contributed by atoms with van der Waals surface area (Å²) >= 11 is 0. The summed E-state index contributed by atoms with van der Waals surface area (Å²) in [6.07, 6.45) is 3.35. The third kappa shape index (κ3) is 8.34. The van der Waals surface area contributed by atoms with Crippen molar-refractivity contribution in [1.82, 2.24) is 15.5 Å². The number of piperidine rings is 1. The van der Waals surface area contributed by atoms with Gasteiger partial charge >= 0.3 is 0 Å². The minimum Gasteiger partial charge on any atom is -0.355 e. The third-order valence-electron chi connectivity index (χ3n) is 5.43. The number of halogens is 1. The molecule has 1 aliphatic rings. The Morgan fingerprint density at radius 3 is 2.27 bits per heavy atom. The van der Waals surface area contributed by atoms with Gasteiger partial charge in [-0.05, 0) is 48.9 Å². The summed E-state index contributed by atoms with van der Waals surface area (Å²) in [5, 5.41) is 6.60. The topological polar surface area (TPSA) is 73.8 Å². The van der Waals surface area contributed by atoms with Crippen LogP contribution < -0.4 is 10.6 Å². The Hall–Kier alpha value is -0.870. The second-order valence-electron chi connectivity index (χ2n) is 8.85. The second-order valence-corrected chi connectivity index (χ2v) is 11.0. The first-order valence-corrected chi connectivity index (χ1v) is 12.3. The lowest BCUT2D eigenvalue weighted by Gasteiger charge is -2.32. The maximum Gasteiger partial charge on any atom is 0.191 e. The van der Waals surface area contributed by atoms with Crippen LogP contribution in [0.2, 0.25) is 0 Å². The monoisotopic (exact) mass is 550 g/mol. The van der Waals surface area contributed by atoms with Gasteiger partial charge in [-0.2, -0.15) is 0 Å². The minimum absolute atomic E-state index is 0. The Balaban J connectivity index is 0.00000450. The Morgan fingerprint density at radius 2 is 1.77 bits per heavy atom. The molecule has 8 heteroatoms. The highest BCUT2D eigenvalue weighted by atomic mass is 127. The summed E-state index contributed by atoms with van der Waals surface area (Å²) in [6, 6.07) is 7.63. The van der Waals surface area contributed by atoms with Crippen LogP contribution in [0.15, 0.2) is 34.2 Å². The van der Waals surface area contributed by atoms with E-state index in [9.17, 15) is 8.42 Å². The lowest BCUT2D eigenvalue weighted by Crippen LogP contribution is -2.49. The first-order valence-electron chi connectivity index (χ1n) is 10.7. The molecule has 0 atom stereocenters. The van der Waals surface area contributed by atoms with Gasteiger partial charge in [-0.3, -0.25) is 4.99 Å². The van der Waals surface area contributed by atoms with Crippen LogP contribution in [0, 0.1) is 0 Å². The van der Waals surface area contributed by atoms with E-state index in [2.05, 4.69) is 48.2 Å². The summed E-state index contributed by atoms with van der Waals surface area (Å²) in [7, 11) is -1.60. The molecule has 0 spiro atoms. The largest absolute Gasteiger partial charge is 0.355 e. The van der Waals surface area contributed by atoms with Crippen molar-refractivity contribution in [3.05, 3.63) is 29.8 Å². The number of hydrogen-bond acceptors (Lipinski definition) is 4. The summed E-state index contributed by atoms with van der Waals surface area (Å²) < 4.78 is 25.3. The van der Waals surface area contributed by atoms with Crippen LogP contribution in [0.1, 0.15) is 52.5 Å². The zero-order chi connectivity index (χ0) is 21.5. The van der Waals surface area contributed by atoms with Gasteiger partial charge in [-0.15, -0.1) is 24.0 Å². The van der Waals surface area contributed by atoms with Gasteiger partial charge in [0.2, 0.25) is 0 Å². The molecule has 1 fully saturated rings. The standard InChI is InChI=1S/C22H38N4O2S.HI/c1-6-14-26-15-11-19(12-16-26)25-21(23-5)24-13-17-29(27,28)20-9-7-18(8-10-20)22(2,3)4;/h7-10,19H,6,11-17H2,1-5H3,(H2,23,24,25);1H. The van der Waals surface area contributed by atoms with Gasteiger partial charge < -0.3 is 15.5 Å². The van der Waals surface area contributed by atoms with Crippen molar-refractivity contribution in [3.8, 4) is 0 Å². The molecule has 6 nitrogen and oxygen atoms in total. The van der Waals surface area contributed by atoms with Crippen molar-refractivity contribution in [3.63, 3.8) is 0 Å². The van der Waals surface area contributed by atoms with Crippen LogP contribution in [0.4, 0.5) is 0 Å². The molecule has 1 aromatic rings.